The molecule has 1 unspecified atom stereocenters. The van der Waals surface area contributed by atoms with Gasteiger partial charge in [0.2, 0.25) is 0 Å². The molecule has 0 radical (unpaired) electrons. The first-order chi connectivity index (χ1) is 10.1. The van der Waals surface area contributed by atoms with Gasteiger partial charge in [-0.3, -0.25) is 0 Å². The van der Waals surface area contributed by atoms with Crippen molar-refractivity contribution >= 4 is 9.84 Å². The van der Waals surface area contributed by atoms with Crippen LogP contribution in [0.4, 0.5) is 13.2 Å². The van der Waals surface area contributed by atoms with Gasteiger partial charge >= 0.3 is 6.18 Å². The van der Waals surface area contributed by atoms with Crippen molar-refractivity contribution in [3.05, 3.63) is 29.8 Å². The molecular weight excluding hydrogens is 321 g/mol. The van der Waals surface area contributed by atoms with Crippen molar-refractivity contribution < 1.29 is 31.4 Å². The van der Waals surface area contributed by atoms with Crippen molar-refractivity contribution in [2.24, 2.45) is 5.92 Å². The lowest BCUT2D eigenvalue weighted by Gasteiger charge is -2.34. The molecule has 2 rings (SSSR count). The summed E-state index contributed by atoms with van der Waals surface area (Å²) in [5.74, 6) is -1.77. The standard InChI is InChI=1S/C14H17F3O4S/c1-9(7-18)22(19,20)8-11-6-10-4-2-3-5-12(10)21-13(11)14(15,16)17/h2-5,9,11,13,18H,6-8H2,1H3/t9?,11-,13+/m0/s1. The maximum absolute atomic E-state index is 13.2. The van der Waals surface area contributed by atoms with Crippen LogP contribution >= 0.6 is 0 Å². The molecule has 0 aromatic heterocycles. The van der Waals surface area contributed by atoms with Crippen LogP contribution < -0.4 is 4.74 Å². The molecule has 1 N–H and O–H groups in total. The van der Waals surface area contributed by atoms with Gasteiger partial charge in [0.1, 0.15) is 5.75 Å². The number of hydrogen-bond acceptors (Lipinski definition) is 4. The van der Waals surface area contributed by atoms with E-state index in [0.717, 1.165) is 0 Å². The number of alkyl halides is 3. The number of halogens is 3. The van der Waals surface area contributed by atoms with E-state index in [-0.39, 0.29) is 12.2 Å². The first kappa shape index (κ1) is 17.1. The van der Waals surface area contributed by atoms with Gasteiger partial charge < -0.3 is 9.84 Å². The van der Waals surface area contributed by atoms with Crippen molar-refractivity contribution in [1.82, 2.24) is 0 Å². The molecule has 0 fully saturated rings. The zero-order valence-electron chi connectivity index (χ0n) is 11.9. The predicted octanol–water partition coefficient (Wildman–Crippen LogP) is 1.96. The first-order valence-corrected chi connectivity index (χ1v) is 8.50. The van der Waals surface area contributed by atoms with Gasteiger partial charge in [0.05, 0.1) is 17.6 Å². The van der Waals surface area contributed by atoms with Crippen molar-refractivity contribution in [2.45, 2.75) is 30.9 Å². The molecule has 8 heteroatoms. The Balaban J connectivity index is 2.32. The third-order valence-corrected chi connectivity index (χ3v) is 6.04. The summed E-state index contributed by atoms with van der Waals surface area (Å²) in [6.45, 7) is 0.652. The van der Waals surface area contributed by atoms with Crippen LogP contribution in [-0.2, 0) is 16.3 Å². The fraction of sp³-hybridized carbons (Fsp3) is 0.571. The van der Waals surface area contributed by atoms with Gasteiger partial charge in [0, 0.05) is 5.92 Å². The lowest BCUT2D eigenvalue weighted by atomic mass is 9.92. The van der Waals surface area contributed by atoms with Crippen LogP contribution in [0, 0.1) is 5.92 Å². The SMILES string of the molecule is CC(CO)S(=O)(=O)C[C@@H]1Cc2ccccc2O[C@H]1C(F)(F)F. The number of aliphatic hydroxyl groups is 1. The van der Waals surface area contributed by atoms with E-state index in [1.807, 2.05) is 0 Å². The Bertz CT molecular complexity index is 627. The zero-order chi connectivity index (χ0) is 16.5. The molecule has 0 aliphatic carbocycles. The monoisotopic (exact) mass is 338 g/mol. The summed E-state index contributed by atoms with van der Waals surface area (Å²) < 4.78 is 68.6. The average Bonchev–Trinajstić information content (AvgIpc) is 2.44. The van der Waals surface area contributed by atoms with Crippen molar-refractivity contribution in [1.29, 1.82) is 0 Å². The summed E-state index contributed by atoms with van der Waals surface area (Å²) >= 11 is 0. The molecular formula is C14H17F3O4S. The second kappa shape index (κ2) is 6.08. The van der Waals surface area contributed by atoms with Gasteiger partial charge in [-0.1, -0.05) is 18.2 Å². The molecule has 1 aromatic rings. The van der Waals surface area contributed by atoms with E-state index in [1.165, 1.54) is 13.0 Å². The number of aliphatic hydroxyl groups excluding tert-OH is 1. The topological polar surface area (TPSA) is 63.6 Å². The number of sulfone groups is 1. The maximum atomic E-state index is 13.2. The van der Waals surface area contributed by atoms with Crippen LogP contribution in [0.3, 0.4) is 0 Å². The van der Waals surface area contributed by atoms with E-state index >= 15 is 0 Å². The number of hydrogen-bond donors (Lipinski definition) is 1. The average molecular weight is 338 g/mol. The van der Waals surface area contributed by atoms with Gasteiger partial charge in [0.15, 0.2) is 15.9 Å². The number of ether oxygens (including phenoxy) is 1. The molecule has 0 saturated carbocycles. The zero-order valence-corrected chi connectivity index (χ0v) is 12.7. The second-order valence-electron chi connectivity index (χ2n) is 5.47. The molecule has 3 atom stereocenters. The molecule has 22 heavy (non-hydrogen) atoms. The number of para-hydroxylation sites is 1. The molecule has 1 aliphatic heterocycles. The van der Waals surface area contributed by atoms with E-state index in [1.54, 1.807) is 18.2 Å². The number of rotatable bonds is 4. The summed E-state index contributed by atoms with van der Waals surface area (Å²) in [7, 11) is -3.84. The van der Waals surface area contributed by atoms with Gasteiger partial charge in [-0.15, -0.1) is 0 Å². The Labute approximate surface area is 126 Å². The first-order valence-electron chi connectivity index (χ1n) is 6.79. The highest BCUT2D eigenvalue weighted by molar-refractivity contribution is 7.92. The highest BCUT2D eigenvalue weighted by Crippen LogP contribution is 2.38. The van der Waals surface area contributed by atoms with Crippen molar-refractivity contribution in [3.63, 3.8) is 0 Å². The summed E-state index contributed by atoms with van der Waals surface area (Å²) in [5, 5.41) is 7.85. The minimum atomic E-state index is -4.66. The van der Waals surface area contributed by atoms with Crippen LogP contribution in [0.25, 0.3) is 0 Å². The molecule has 0 amide bonds. The minimum Gasteiger partial charge on any atom is -0.480 e. The molecule has 0 spiro atoms. The normalized spacial score (nSPS) is 23.5. The molecule has 1 aliphatic rings. The van der Waals surface area contributed by atoms with E-state index in [0.29, 0.717) is 5.56 Å². The summed E-state index contributed by atoms with van der Waals surface area (Å²) in [6.07, 6.45) is -6.85. The third-order valence-electron chi connectivity index (χ3n) is 3.78. The van der Waals surface area contributed by atoms with E-state index in [4.69, 9.17) is 9.84 Å². The highest BCUT2D eigenvalue weighted by atomic mass is 32.2. The Morgan fingerprint density at radius 1 is 1.36 bits per heavy atom. The van der Waals surface area contributed by atoms with Crippen LogP contribution in [-0.4, -0.2) is 43.4 Å². The fourth-order valence-electron chi connectivity index (χ4n) is 2.47. The molecule has 1 heterocycles. The molecule has 1 aromatic carbocycles. The molecule has 0 bridgehead atoms. The quantitative estimate of drug-likeness (QED) is 0.912. The Morgan fingerprint density at radius 3 is 2.59 bits per heavy atom. The van der Waals surface area contributed by atoms with Gasteiger partial charge in [-0.2, -0.15) is 13.2 Å². The predicted molar refractivity (Wildman–Crippen MR) is 74.4 cm³/mol. The fourth-order valence-corrected chi connectivity index (χ4v) is 3.91. The molecule has 4 nitrogen and oxygen atoms in total. The van der Waals surface area contributed by atoms with Gasteiger partial charge in [-0.25, -0.2) is 8.42 Å². The number of fused-ring (bicyclic) bond motifs is 1. The Morgan fingerprint density at radius 2 is 2.00 bits per heavy atom. The smallest absolute Gasteiger partial charge is 0.425 e. The van der Waals surface area contributed by atoms with Crippen LogP contribution in [0.5, 0.6) is 5.75 Å². The Hall–Kier alpha value is -1.28. The van der Waals surface area contributed by atoms with Crippen LogP contribution in [0.15, 0.2) is 24.3 Å². The summed E-state index contributed by atoms with van der Waals surface area (Å²) in [6, 6.07) is 6.29. The molecule has 124 valence electrons. The maximum Gasteiger partial charge on any atom is 0.425 e. The summed E-state index contributed by atoms with van der Waals surface area (Å²) in [5.41, 5.74) is 0.555. The van der Waals surface area contributed by atoms with Gasteiger partial charge in [-0.05, 0) is 25.0 Å². The van der Waals surface area contributed by atoms with Crippen molar-refractivity contribution in [2.75, 3.05) is 12.4 Å². The largest absolute Gasteiger partial charge is 0.480 e. The lowest BCUT2D eigenvalue weighted by molar-refractivity contribution is -0.211. The van der Waals surface area contributed by atoms with E-state index in [9.17, 15) is 21.6 Å². The third kappa shape index (κ3) is 3.55. The minimum absolute atomic E-state index is 0.0300. The van der Waals surface area contributed by atoms with Crippen molar-refractivity contribution in [3.8, 4) is 5.75 Å². The van der Waals surface area contributed by atoms with E-state index < -0.39 is 45.6 Å². The van der Waals surface area contributed by atoms with Crippen LogP contribution in [0.1, 0.15) is 12.5 Å². The lowest BCUT2D eigenvalue weighted by Crippen LogP contribution is -2.48. The highest BCUT2D eigenvalue weighted by Gasteiger charge is 2.50. The van der Waals surface area contributed by atoms with E-state index in [2.05, 4.69) is 0 Å². The molecule has 0 saturated heterocycles. The van der Waals surface area contributed by atoms with Crippen LogP contribution in [0.2, 0.25) is 0 Å². The number of benzene rings is 1. The summed E-state index contributed by atoms with van der Waals surface area (Å²) in [4.78, 5) is 0. The van der Waals surface area contributed by atoms with Gasteiger partial charge in [0.25, 0.3) is 0 Å². The Kier molecular flexibility index (Phi) is 4.72. The second-order valence-corrected chi connectivity index (χ2v) is 7.94.